The number of hydrogen-bond acceptors (Lipinski definition) is 6. The molecule has 0 fully saturated rings. The standard InChI is InChI=1S/C23H30N2O6/c1-14(2)19-13-24(3)17-11-22(31-8-6-7-29-4)21(30-5)9-15(17)18-10-20(26)16(23(27)28)12-25(18)19/h9-12,14,19H,6-8,13H2,1-5H3,(H,27,28). The smallest absolute Gasteiger partial charge is 0.341 e. The van der Waals surface area contributed by atoms with Gasteiger partial charge < -0.3 is 28.8 Å². The molecule has 1 aromatic heterocycles. The SMILES string of the molecule is COCCCOc1cc2c(cc1OC)-c1cc(=O)c(C(=O)O)cn1C(C(C)C)CN2C. The number of likely N-dealkylation sites (N-methyl/N-ethyl adjacent to an activating group) is 1. The predicted molar refractivity (Wildman–Crippen MR) is 119 cm³/mol. The van der Waals surface area contributed by atoms with E-state index in [9.17, 15) is 14.7 Å². The molecule has 0 bridgehead atoms. The van der Waals surface area contributed by atoms with E-state index in [4.69, 9.17) is 14.2 Å². The summed E-state index contributed by atoms with van der Waals surface area (Å²) in [4.78, 5) is 26.3. The summed E-state index contributed by atoms with van der Waals surface area (Å²) in [5.74, 6) is 0.154. The minimum atomic E-state index is -1.22. The lowest BCUT2D eigenvalue weighted by atomic mass is 10.0. The maximum Gasteiger partial charge on any atom is 0.341 e. The van der Waals surface area contributed by atoms with Gasteiger partial charge in [0.25, 0.3) is 0 Å². The molecule has 1 N–H and O–H groups in total. The van der Waals surface area contributed by atoms with Crippen molar-refractivity contribution < 1.29 is 24.1 Å². The number of methoxy groups -OCH3 is 2. The summed E-state index contributed by atoms with van der Waals surface area (Å²) in [6.45, 7) is 5.91. The van der Waals surface area contributed by atoms with Crippen molar-refractivity contribution >= 4 is 11.7 Å². The Morgan fingerprint density at radius 1 is 1.19 bits per heavy atom. The van der Waals surface area contributed by atoms with Crippen molar-refractivity contribution in [1.29, 1.82) is 0 Å². The summed E-state index contributed by atoms with van der Waals surface area (Å²) in [6, 6.07) is 5.16. The van der Waals surface area contributed by atoms with Gasteiger partial charge in [0.15, 0.2) is 16.9 Å². The molecule has 0 radical (unpaired) electrons. The number of anilines is 1. The van der Waals surface area contributed by atoms with Crippen molar-refractivity contribution in [3.05, 3.63) is 40.2 Å². The molecule has 0 aliphatic carbocycles. The quantitative estimate of drug-likeness (QED) is 0.643. The highest BCUT2D eigenvalue weighted by Gasteiger charge is 2.29. The van der Waals surface area contributed by atoms with Crippen LogP contribution in [0.15, 0.2) is 29.2 Å². The molecule has 2 aromatic rings. The molecule has 8 nitrogen and oxygen atoms in total. The zero-order valence-corrected chi connectivity index (χ0v) is 18.7. The number of benzene rings is 1. The van der Waals surface area contributed by atoms with Crippen molar-refractivity contribution in [2.45, 2.75) is 26.3 Å². The molecule has 1 aliphatic heterocycles. The van der Waals surface area contributed by atoms with Crippen molar-refractivity contribution in [2.75, 3.05) is 45.9 Å². The summed E-state index contributed by atoms with van der Waals surface area (Å²) < 4.78 is 18.5. The van der Waals surface area contributed by atoms with Crippen LogP contribution in [0.3, 0.4) is 0 Å². The Balaban J connectivity index is 2.19. The van der Waals surface area contributed by atoms with Crippen LogP contribution in [0.2, 0.25) is 0 Å². The maximum absolute atomic E-state index is 12.6. The van der Waals surface area contributed by atoms with Crippen LogP contribution in [-0.4, -0.2) is 56.7 Å². The highest BCUT2D eigenvalue weighted by atomic mass is 16.5. The number of ether oxygens (including phenoxy) is 3. The Labute approximate surface area is 182 Å². The number of aromatic carboxylic acids is 1. The topological polar surface area (TPSA) is 90.2 Å². The van der Waals surface area contributed by atoms with E-state index in [1.54, 1.807) is 14.2 Å². The third-order valence-corrected chi connectivity index (χ3v) is 5.62. The largest absolute Gasteiger partial charge is 0.493 e. The number of carbonyl (C=O) groups is 1. The third kappa shape index (κ3) is 4.54. The highest BCUT2D eigenvalue weighted by molar-refractivity contribution is 5.88. The third-order valence-electron chi connectivity index (χ3n) is 5.62. The van der Waals surface area contributed by atoms with Crippen molar-refractivity contribution in [2.24, 2.45) is 5.92 Å². The average Bonchev–Trinajstić information content (AvgIpc) is 2.84. The molecule has 0 saturated heterocycles. The van der Waals surface area contributed by atoms with E-state index in [-0.39, 0.29) is 17.5 Å². The zero-order valence-electron chi connectivity index (χ0n) is 18.7. The Morgan fingerprint density at radius 3 is 2.55 bits per heavy atom. The Morgan fingerprint density at radius 2 is 1.94 bits per heavy atom. The van der Waals surface area contributed by atoms with Crippen LogP contribution >= 0.6 is 0 Å². The van der Waals surface area contributed by atoms with Gasteiger partial charge in [0.1, 0.15) is 5.56 Å². The molecule has 0 amide bonds. The lowest BCUT2D eigenvalue weighted by molar-refractivity contribution is 0.0694. The van der Waals surface area contributed by atoms with Crippen LogP contribution in [0.1, 0.15) is 36.7 Å². The van der Waals surface area contributed by atoms with E-state index in [1.165, 1.54) is 12.3 Å². The molecule has 1 aliphatic rings. The van der Waals surface area contributed by atoms with E-state index in [1.807, 2.05) is 23.7 Å². The monoisotopic (exact) mass is 430 g/mol. The number of rotatable bonds is 8. The second-order valence-electron chi connectivity index (χ2n) is 8.06. The van der Waals surface area contributed by atoms with E-state index in [2.05, 4.69) is 18.7 Å². The fraction of sp³-hybridized carbons (Fsp3) is 0.478. The second kappa shape index (κ2) is 9.43. The van der Waals surface area contributed by atoms with Crippen LogP contribution in [-0.2, 0) is 4.74 Å². The van der Waals surface area contributed by atoms with Crippen LogP contribution < -0.4 is 19.8 Å². The molecule has 31 heavy (non-hydrogen) atoms. The number of carboxylic acid groups (broad SMARTS) is 1. The summed E-state index contributed by atoms with van der Waals surface area (Å²) in [5.41, 5.74) is 1.60. The number of fused-ring (bicyclic) bond motifs is 3. The second-order valence-corrected chi connectivity index (χ2v) is 8.06. The Bertz CT molecular complexity index is 1010. The summed E-state index contributed by atoms with van der Waals surface area (Å²) >= 11 is 0. The van der Waals surface area contributed by atoms with Crippen LogP contribution in [0.5, 0.6) is 11.5 Å². The van der Waals surface area contributed by atoms with Gasteiger partial charge in [-0.2, -0.15) is 0 Å². The van der Waals surface area contributed by atoms with Crippen LogP contribution in [0.4, 0.5) is 5.69 Å². The maximum atomic E-state index is 12.6. The molecule has 0 spiro atoms. The van der Waals surface area contributed by atoms with Gasteiger partial charge in [-0.25, -0.2) is 4.79 Å². The predicted octanol–water partition coefficient (Wildman–Crippen LogP) is 3.28. The first-order valence-corrected chi connectivity index (χ1v) is 10.3. The number of pyridine rings is 1. The first-order chi connectivity index (χ1) is 14.8. The minimum Gasteiger partial charge on any atom is -0.493 e. The number of hydrogen-bond donors (Lipinski definition) is 1. The van der Waals surface area contributed by atoms with Crippen molar-refractivity contribution in [1.82, 2.24) is 4.57 Å². The first-order valence-electron chi connectivity index (χ1n) is 10.3. The molecular formula is C23H30N2O6. The van der Waals surface area contributed by atoms with E-state index in [0.717, 1.165) is 17.7 Å². The Kier molecular flexibility index (Phi) is 6.90. The summed E-state index contributed by atoms with van der Waals surface area (Å²) in [5, 5.41) is 9.48. The molecule has 8 heteroatoms. The van der Waals surface area contributed by atoms with Crippen LogP contribution in [0.25, 0.3) is 11.3 Å². The van der Waals surface area contributed by atoms with Gasteiger partial charge in [0.2, 0.25) is 0 Å². The van der Waals surface area contributed by atoms with Crippen LogP contribution in [0, 0.1) is 5.92 Å². The van der Waals surface area contributed by atoms with Crippen molar-refractivity contribution in [3.8, 4) is 22.8 Å². The molecule has 1 atom stereocenters. The molecule has 1 unspecified atom stereocenters. The molecule has 3 rings (SSSR count). The first kappa shape index (κ1) is 22.7. The van der Waals surface area contributed by atoms with Gasteiger partial charge in [0.05, 0.1) is 25.5 Å². The lowest BCUT2D eigenvalue weighted by Crippen LogP contribution is -2.30. The van der Waals surface area contributed by atoms with Gasteiger partial charge in [-0.05, 0) is 12.0 Å². The van der Waals surface area contributed by atoms with E-state index < -0.39 is 11.4 Å². The van der Waals surface area contributed by atoms with Gasteiger partial charge in [-0.15, -0.1) is 0 Å². The molecule has 2 heterocycles. The molecule has 168 valence electrons. The highest BCUT2D eigenvalue weighted by Crippen LogP contribution is 2.43. The fourth-order valence-electron chi connectivity index (χ4n) is 3.93. The Hall–Kier alpha value is -3.00. The zero-order chi connectivity index (χ0) is 22.7. The average molecular weight is 431 g/mol. The number of aromatic nitrogens is 1. The van der Waals surface area contributed by atoms with E-state index >= 15 is 0 Å². The summed E-state index contributed by atoms with van der Waals surface area (Å²) in [7, 11) is 5.21. The van der Waals surface area contributed by atoms with Gasteiger partial charge in [0, 0.05) is 63.3 Å². The fourth-order valence-corrected chi connectivity index (χ4v) is 3.93. The lowest BCUT2D eigenvalue weighted by Gasteiger charge is -2.28. The summed E-state index contributed by atoms with van der Waals surface area (Å²) in [6.07, 6.45) is 2.22. The van der Waals surface area contributed by atoms with Gasteiger partial charge >= 0.3 is 5.97 Å². The molecular weight excluding hydrogens is 400 g/mol. The van der Waals surface area contributed by atoms with E-state index in [0.29, 0.717) is 37.0 Å². The number of carboxylic acids is 1. The molecule has 1 aromatic carbocycles. The normalized spacial score (nSPS) is 15.3. The van der Waals surface area contributed by atoms with Gasteiger partial charge in [-0.1, -0.05) is 13.8 Å². The van der Waals surface area contributed by atoms with Crippen molar-refractivity contribution in [3.63, 3.8) is 0 Å². The molecule has 0 saturated carbocycles. The van der Waals surface area contributed by atoms with Gasteiger partial charge in [-0.3, -0.25) is 4.79 Å². The number of nitrogens with zero attached hydrogens (tertiary/aromatic N) is 2. The minimum absolute atomic E-state index is 0.0248.